The van der Waals surface area contributed by atoms with Gasteiger partial charge in [-0.1, -0.05) is 18.2 Å². The molecule has 0 aromatic heterocycles. The fourth-order valence-electron chi connectivity index (χ4n) is 2.01. The van der Waals surface area contributed by atoms with Gasteiger partial charge in [0.1, 0.15) is 17.5 Å². The Kier molecular flexibility index (Phi) is 5.53. The van der Waals surface area contributed by atoms with E-state index >= 15 is 0 Å². The van der Waals surface area contributed by atoms with E-state index in [1.165, 1.54) is 38.5 Å². The molecule has 0 bridgehead atoms. The van der Waals surface area contributed by atoms with Crippen LogP contribution < -0.4 is 14.8 Å². The summed E-state index contributed by atoms with van der Waals surface area (Å²) in [7, 11) is 2.98. The van der Waals surface area contributed by atoms with Crippen molar-refractivity contribution in [3.05, 3.63) is 59.4 Å². The Balaban J connectivity index is 2.25. The molecule has 6 heteroatoms. The van der Waals surface area contributed by atoms with E-state index in [-0.39, 0.29) is 11.1 Å². The van der Waals surface area contributed by atoms with Crippen LogP contribution in [0.2, 0.25) is 0 Å². The maximum absolute atomic E-state index is 13.6. The van der Waals surface area contributed by atoms with E-state index < -0.39 is 11.7 Å². The molecule has 0 heterocycles. The monoisotopic (exact) mass is 326 g/mol. The Hall–Kier alpha value is -3.33. The summed E-state index contributed by atoms with van der Waals surface area (Å²) in [4.78, 5) is 12.2. The minimum absolute atomic E-state index is 0.163. The number of hydrogen-bond donors (Lipinski definition) is 1. The van der Waals surface area contributed by atoms with Crippen molar-refractivity contribution in [2.45, 2.75) is 0 Å². The summed E-state index contributed by atoms with van der Waals surface area (Å²) in [5, 5.41) is 11.7. The summed E-state index contributed by atoms with van der Waals surface area (Å²) in [5.74, 6) is -0.207. The number of halogens is 1. The van der Waals surface area contributed by atoms with E-state index in [4.69, 9.17) is 14.7 Å². The Morgan fingerprint density at radius 3 is 2.50 bits per heavy atom. The van der Waals surface area contributed by atoms with Crippen LogP contribution in [0, 0.1) is 17.1 Å². The van der Waals surface area contributed by atoms with E-state index in [1.807, 2.05) is 0 Å². The SMILES string of the molecule is COc1ccc(NC(=O)/C(C#N)=C/c2ccccc2F)cc1OC. The van der Waals surface area contributed by atoms with E-state index in [0.29, 0.717) is 17.2 Å². The summed E-state index contributed by atoms with van der Waals surface area (Å²) < 4.78 is 23.9. The van der Waals surface area contributed by atoms with Crippen LogP contribution in [0.15, 0.2) is 48.0 Å². The molecule has 2 rings (SSSR count). The fraction of sp³-hybridized carbons (Fsp3) is 0.111. The number of carbonyl (C=O) groups excluding carboxylic acids is 1. The van der Waals surface area contributed by atoms with Gasteiger partial charge in [0.05, 0.1) is 14.2 Å². The largest absolute Gasteiger partial charge is 0.493 e. The number of methoxy groups -OCH3 is 2. The van der Waals surface area contributed by atoms with Crippen molar-refractivity contribution < 1.29 is 18.7 Å². The molecule has 5 nitrogen and oxygen atoms in total. The number of carbonyl (C=O) groups is 1. The summed E-state index contributed by atoms with van der Waals surface area (Å²) in [6, 6.07) is 12.5. The molecule has 0 aliphatic heterocycles. The quantitative estimate of drug-likeness (QED) is 0.675. The topological polar surface area (TPSA) is 71.3 Å². The Morgan fingerprint density at radius 1 is 1.17 bits per heavy atom. The standard InChI is InChI=1S/C18H15FN2O3/c1-23-16-8-7-14(10-17(16)24-2)21-18(22)13(11-20)9-12-5-3-4-6-15(12)19/h3-10H,1-2H3,(H,21,22)/b13-9+. The lowest BCUT2D eigenvalue weighted by atomic mass is 10.1. The number of anilines is 1. The number of nitriles is 1. The van der Waals surface area contributed by atoms with Crippen molar-refractivity contribution in [3.8, 4) is 17.6 Å². The van der Waals surface area contributed by atoms with Crippen molar-refractivity contribution in [3.63, 3.8) is 0 Å². The third-order valence-electron chi connectivity index (χ3n) is 3.21. The zero-order chi connectivity index (χ0) is 17.5. The molecule has 24 heavy (non-hydrogen) atoms. The first-order chi connectivity index (χ1) is 11.6. The molecular formula is C18H15FN2O3. The van der Waals surface area contributed by atoms with Gasteiger partial charge in [0.15, 0.2) is 11.5 Å². The van der Waals surface area contributed by atoms with Crippen molar-refractivity contribution >= 4 is 17.7 Å². The van der Waals surface area contributed by atoms with Gasteiger partial charge in [0.2, 0.25) is 0 Å². The highest BCUT2D eigenvalue weighted by molar-refractivity contribution is 6.09. The van der Waals surface area contributed by atoms with Crippen LogP contribution in [0.1, 0.15) is 5.56 Å². The first kappa shape index (κ1) is 17.0. The minimum Gasteiger partial charge on any atom is -0.493 e. The maximum atomic E-state index is 13.6. The van der Waals surface area contributed by atoms with Crippen molar-refractivity contribution in [1.29, 1.82) is 5.26 Å². The fourth-order valence-corrected chi connectivity index (χ4v) is 2.01. The van der Waals surface area contributed by atoms with Gasteiger partial charge in [-0.25, -0.2) is 4.39 Å². The van der Waals surface area contributed by atoms with Gasteiger partial charge < -0.3 is 14.8 Å². The van der Waals surface area contributed by atoms with Crippen LogP contribution >= 0.6 is 0 Å². The maximum Gasteiger partial charge on any atom is 0.266 e. The Labute approximate surface area is 138 Å². The van der Waals surface area contributed by atoms with Crippen LogP contribution in [0.4, 0.5) is 10.1 Å². The molecule has 0 aliphatic rings. The second-order valence-corrected chi connectivity index (χ2v) is 4.72. The zero-order valence-electron chi connectivity index (χ0n) is 13.2. The number of ether oxygens (including phenoxy) is 2. The minimum atomic E-state index is -0.645. The van der Waals surface area contributed by atoms with Crippen LogP contribution in [0.5, 0.6) is 11.5 Å². The highest BCUT2D eigenvalue weighted by Crippen LogP contribution is 2.29. The van der Waals surface area contributed by atoms with Crippen LogP contribution in [0.3, 0.4) is 0 Å². The molecule has 1 amide bonds. The van der Waals surface area contributed by atoms with Gasteiger partial charge >= 0.3 is 0 Å². The Morgan fingerprint density at radius 2 is 1.88 bits per heavy atom. The molecule has 0 spiro atoms. The normalized spacial score (nSPS) is 10.7. The smallest absolute Gasteiger partial charge is 0.266 e. The van der Waals surface area contributed by atoms with E-state index in [0.717, 1.165) is 0 Å². The third kappa shape index (κ3) is 3.90. The molecule has 0 saturated heterocycles. The van der Waals surface area contributed by atoms with Gasteiger partial charge in [-0.15, -0.1) is 0 Å². The zero-order valence-corrected chi connectivity index (χ0v) is 13.2. The van der Waals surface area contributed by atoms with Crippen LogP contribution in [-0.2, 0) is 4.79 Å². The molecule has 0 radical (unpaired) electrons. The number of benzene rings is 2. The molecule has 2 aromatic carbocycles. The number of nitrogens with one attached hydrogen (secondary N) is 1. The lowest BCUT2D eigenvalue weighted by molar-refractivity contribution is -0.112. The highest BCUT2D eigenvalue weighted by Gasteiger charge is 2.12. The van der Waals surface area contributed by atoms with Gasteiger partial charge in [0.25, 0.3) is 5.91 Å². The third-order valence-corrected chi connectivity index (χ3v) is 3.21. The highest BCUT2D eigenvalue weighted by atomic mass is 19.1. The summed E-state index contributed by atoms with van der Waals surface area (Å²) >= 11 is 0. The molecule has 122 valence electrons. The van der Waals surface area contributed by atoms with Gasteiger partial charge in [-0.05, 0) is 24.3 Å². The van der Waals surface area contributed by atoms with E-state index in [2.05, 4.69) is 5.32 Å². The summed E-state index contributed by atoms with van der Waals surface area (Å²) in [6.45, 7) is 0. The lowest BCUT2D eigenvalue weighted by Crippen LogP contribution is -2.13. The lowest BCUT2D eigenvalue weighted by Gasteiger charge is -2.10. The first-order valence-corrected chi connectivity index (χ1v) is 6.98. The molecule has 0 aliphatic carbocycles. The van der Waals surface area contributed by atoms with Gasteiger partial charge in [-0.2, -0.15) is 5.26 Å². The number of rotatable bonds is 5. The predicted octanol–water partition coefficient (Wildman–Crippen LogP) is 3.39. The molecule has 0 saturated carbocycles. The average molecular weight is 326 g/mol. The van der Waals surface area contributed by atoms with Gasteiger partial charge in [-0.3, -0.25) is 4.79 Å². The summed E-state index contributed by atoms with van der Waals surface area (Å²) in [6.07, 6.45) is 1.20. The number of hydrogen-bond acceptors (Lipinski definition) is 4. The number of nitrogens with zero attached hydrogens (tertiary/aromatic N) is 1. The Bertz CT molecular complexity index is 825. The van der Waals surface area contributed by atoms with Gasteiger partial charge in [0, 0.05) is 17.3 Å². The summed E-state index contributed by atoms with van der Waals surface area (Å²) in [5.41, 5.74) is 0.374. The van der Waals surface area contributed by atoms with Crippen molar-refractivity contribution in [2.75, 3.05) is 19.5 Å². The molecule has 0 atom stereocenters. The molecule has 0 fully saturated rings. The van der Waals surface area contributed by atoms with Crippen molar-refractivity contribution in [1.82, 2.24) is 0 Å². The molecule has 2 aromatic rings. The molecule has 0 unspecified atom stereocenters. The van der Waals surface area contributed by atoms with E-state index in [1.54, 1.807) is 30.3 Å². The average Bonchev–Trinajstić information content (AvgIpc) is 2.60. The van der Waals surface area contributed by atoms with Crippen molar-refractivity contribution in [2.24, 2.45) is 0 Å². The van der Waals surface area contributed by atoms with Crippen LogP contribution in [0.25, 0.3) is 6.08 Å². The number of amides is 1. The van der Waals surface area contributed by atoms with E-state index in [9.17, 15) is 9.18 Å². The first-order valence-electron chi connectivity index (χ1n) is 6.98. The van der Waals surface area contributed by atoms with Crippen LogP contribution in [-0.4, -0.2) is 20.1 Å². The second-order valence-electron chi connectivity index (χ2n) is 4.72. The predicted molar refractivity (Wildman–Crippen MR) is 88.2 cm³/mol. The molecular weight excluding hydrogens is 311 g/mol. The second kappa shape index (κ2) is 7.79. The molecule has 1 N–H and O–H groups in total.